The average Bonchev–Trinajstić information content (AvgIpc) is 2.63. The molecular formula is C13H16N4O2S. The van der Waals surface area contributed by atoms with Crippen molar-refractivity contribution in [3.63, 3.8) is 0 Å². The molecule has 20 heavy (non-hydrogen) atoms. The Kier molecular flexibility index (Phi) is 3.86. The van der Waals surface area contributed by atoms with Gasteiger partial charge in [0.2, 0.25) is 0 Å². The van der Waals surface area contributed by atoms with Crippen LogP contribution in [0.1, 0.15) is 32.0 Å². The summed E-state index contributed by atoms with van der Waals surface area (Å²) in [4.78, 5) is 24.7. The van der Waals surface area contributed by atoms with Crippen LogP contribution < -0.4 is 0 Å². The van der Waals surface area contributed by atoms with Gasteiger partial charge in [0.1, 0.15) is 22.7 Å². The highest BCUT2D eigenvalue weighted by Gasteiger charge is 2.20. The highest BCUT2D eigenvalue weighted by atomic mass is 32.2. The maximum atomic E-state index is 11.7. The summed E-state index contributed by atoms with van der Waals surface area (Å²) in [6.07, 6.45) is 5.89. The van der Waals surface area contributed by atoms with Crippen molar-refractivity contribution in [2.75, 3.05) is 6.61 Å². The Balaban J connectivity index is 2.03. The Labute approximate surface area is 121 Å². The fourth-order valence-electron chi connectivity index (χ4n) is 2.45. The first kappa shape index (κ1) is 13.4. The van der Waals surface area contributed by atoms with Crippen LogP contribution in [0.15, 0.2) is 11.4 Å². The van der Waals surface area contributed by atoms with Gasteiger partial charge in [0.05, 0.1) is 6.61 Å². The van der Waals surface area contributed by atoms with E-state index < -0.39 is 0 Å². The Morgan fingerprint density at radius 2 is 2.30 bits per heavy atom. The van der Waals surface area contributed by atoms with Crippen LogP contribution in [-0.2, 0) is 17.7 Å². The monoisotopic (exact) mass is 292 g/mol. The number of aromatic nitrogens is 4. The molecule has 0 atom stereocenters. The number of thioether (sulfide) groups is 1. The predicted molar refractivity (Wildman–Crippen MR) is 75.8 cm³/mol. The van der Waals surface area contributed by atoms with E-state index in [4.69, 9.17) is 4.74 Å². The largest absolute Gasteiger partial charge is 0.458 e. The molecule has 0 amide bonds. The number of hydrogen-bond acceptors (Lipinski definition) is 6. The van der Waals surface area contributed by atoms with E-state index >= 15 is 0 Å². The van der Waals surface area contributed by atoms with E-state index in [-0.39, 0.29) is 5.30 Å². The standard InChI is InChI=1S/C13H16N4O2S/c1-2-19-13(18)20-12-10-11(14-8-15-12)16-9-6-4-3-5-7-17(9)10/h8H,2-7H2,1H3. The summed E-state index contributed by atoms with van der Waals surface area (Å²) in [6.45, 7) is 3.07. The summed E-state index contributed by atoms with van der Waals surface area (Å²) in [5.74, 6) is 1.05. The van der Waals surface area contributed by atoms with Crippen LogP contribution in [0, 0.1) is 0 Å². The third kappa shape index (κ3) is 2.49. The molecule has 2 aromatic heterocycles. The first-order valence-electron chi connectivity index (χ1n) is 6.84. The highest BCUT2D eigenvalue weighted by Crippen LogP contribution is 2.28. The van der Waals surface area contributed by atoms with Crippen LogP contribution in [-0.4, -0.2) is 31.4 Å². The zero-order valence-electron chi connectivity index (χ0n) is 11.3. The molecule has 3 heterocycles. The van der Waals surface area contributed by atoms with Gasteiger partial charge >= 0.3 is 5.30 Å². The fraction of sp³-hybridized carbons (Fsp3) is 0.538. The van der Waals surface area contributed by atoms with Crippen molar-refractivity contribution >= 4 is 28.2 Å². The van der Waals surface area contributed by atoms with E-state index in [1.54, 1.807) is 6.92 Å². The number of carbonyl (C=O) groups excluding carboxylic acids is 1. The first-order valence-corrected chi connectivity index (χ1v) is 7.66. The lowest BCUT2D eigenvalue weighted by Gasteiger charge is -2.07. The molecule has 0 spiro atoms. The maximum absolute atomic E-state index is 11.7. The average molecular weight is 292 g/mol. The lowest BCUT2D eigenvalue weighted by Crippen LogP contribution is -2.03. The van der Waals surface area contributed by atoms with Gasteiger partial charge in [0.25, 0.3) is 0 Å². The number of nitrogens with zero attached hydrogens (tertiary/aromatic N) is 4. The minimum Gasteiger partial charge on any atom is -0.458 e. The summed E-state index contributed by atoms with van der Waals surface area (Å²) in [5, 5.41) is 0.297. The SMILES string of the molecule is CCOC(=O)Sc1ncnc2nc3n(c12)CCCCC3. The fourth-order valence-corrected chi connectivity index (χ4v) is 3.18. The summed E-state index contributed by atoms with van der Waals surface area (Å²) >= 11 is 1.01. The van der Waals surface area contributed by atoms with Crippen molar-refractivity contribution in [2.45, 2.75) is 44.2 Å². The van der Waals surface area contributed by atoms with Crippen molar-refractivity contribution in [3.8, 4) is 0 Å². The van der Waals surface area contributed by atoms with E-state index in [1.807, 2.05) is 0 Å². The molecular weight excluding hydrogens is 276 g/mol. The number of ether oxygens (including phenoxy) is 1. The van der Waals surface area contributed by atoms with Gasteiger partial charge in [0.15, 0.2) is 5.65 Å². The molecule has 0 N–H and O–H groups in total. The number of hydrogen-bond donors (Lipinski definition) is 0. The van der Waals surface area contributed by atoms with Gasteiger partial charge in [-0.3, -0.25) is 0 Å². The molecule has 6 nitrogen and oxygen atoms in total. The summed E-state index contributed by atoms with van der Waals surface area (Å²) in [5.41, 5.74) is 1.53. The minimum atomic E-state index is -0.336. The second kappa shape index (κ2) is 5.78. The molecule has 0 bridgehead atoms. The maximum Gasteiger partial charge on any atom is 0.373 e. The minimum absolute atomic E-state index is 0.336. The lowest BCUT2D eigenvalue weighted by atomic mass is 10.2. The third-order valence-corrected chi connectivity index (χ3v) is 4.09. The Morgan fingerprint density at radius 3 is 3.15 bits per heavy atom. The van der Waals surface area contributed by atoms with Crippen LogP contribution in [0.5, 0.6) is 0 Å². The van der Waals surface area contributed by atoms with Gasteiger partial charge in [-0.25, -0.2) is 19.7 Å². The second-order valence-electron chi connectivity index (χ2n) is 4.63. The lowest BCUT2D eigenvalue weighted by molar-refractivity contribution is 0.181. The summed E-state index contributed by atoms with van der Waals surface area (Å²) in [6, 6.07) is 0. The van der Waals surface area contributed by atoms with Crippen LogP contribution in [0.2, 0.25) is 0 Å². The Morgan fingerprint density at radius 1 is 1.40 bits per heavy atom. The van der Waals surface area contributed by atoms with E-state index in [2.05, 4.69) is 19.5 Å². The zero-order valence-corrected chi connectivity index (χ0v) is 12.2. The van der Waals surface area contributed by atoms with Crippen LogP contribution >= 0.6 is 11.8 Å². The van der Waals surface area contributed by atoms with Gasteiger partial charge in [-0.2, -0.15) is 0 Å². The molecule has 0 aliphatic carbocycles. The second-order valence-corrected chi connectivity index (χ2v) is 5.55. The normalized spacial score (nSPS) is 14.8. The van der Waals surface area contributed by atoms with Crippen molar-refractivity contribution in [3.05, 3.63) is 12.2 Å². The summed E-state index contributed by atoms with van der Waals surface area (Å²) < 4.78 is 7.13. The topological polar surface area (TPSA) is 69.9 Å². The Hall–Kier alpha value is -1.63. The molecule has 0 unspecified atom stereocenters. The molecule has 0 fully saturated rings. The number of carbonyl (C=O) groups is 1. The van der Waals surface area contributed by atoms with Gasteiger partial charge in [-0.05, 0) is 19.8 Å². The van der Waals surface area contributed by atoms with Crippen LogP contribution in [0.25, 0.3) is 11.2 Å². The van der Waals surface area contributed by atoms with Crippen LogP contribution in [0.4, 0.5) is 4.79 Å². The zero-order chi connectivity index (χ0) is 13.9. The van der Waals surface area contributed by atoms with E-state index in [1.165, 1.54) is 12.7 Å². The van der Waals surface area contributed by atoms with Gasteiger partial charge in [0, 0.05) is 24.7 Å². The predicted octanol–water partition coefficient (Wildman–Crippen LogP) is 2.80. The van der Waals surface area contributed by atoms with Crippen molar-refractivity contribution in [1.82, 2.24) is 19.5 Å². The number of imidazole rings is 1. The van der Waals surface area contributed by atoms with E-state index in [9.17, 15) is 4.79 Å². The first-order chi connectivity index (χ1) is 9.79. The van der Waals surface area contributed by atoms with Crippen molar-refractivity contribution in [1.29, 1.82) is 0 Å². The van der Waals surface area contributed by atoms with Gasteiger partial charge < -0.3 is 9.30 Å². The molecule has 0 saturated carbocycles. The molecule has 3 rings (SSSR count). The molecule has 1 aliphatic heterocycles. The van der Waals surface area contributed by atoms with Crippen LogP contribution in [0.3, 0.4) is 0 Å². The molecule has 0 aromatic carbocycles. The molecule has 2 aromatic rings. The molecule has 106 valence electrons. The third-order valence-electron chi connectivity index (χ3n) is 3.31. The van der Waals surface area contributed by atoms with Crippen molar-refractivity contribution in [2.24, 2.45) is 0 Å². The quantitative estimate of drug-likeness (QED) is 0.481. The smallest absolute Gasteiger partial charge is 0.373 e. The van der Waals surface area contributed by atoms with Crippen molar-refractivity contribution < 1.29 is 9.53 Å². The number of aryl methyl sites for hydroxylation is 2. The highest BCUT2D eigenvalue weighted by molar-refractivity contribution is 8.13. The van der Waals surface area contributed by atoms with E-state index in [0.29, 0.717) is 17.3 Å². The Bertz CT molecular complexity index is 641. The van der Waals surface area contributed by atoms with Gasteiger partial charge in [-0.1, -0.05) is 6.42 Å². The molecule has 1 aliphatic rings. The number of fused-ring (bicyclic) bond motifs is 3. The molecule has 0 radical (unpaired) electrons. The number of rotatable bonds is 2. The van der Waals surface area contributed by atoms with E-state index in [0.717, 1.165) is 48.9 Å². The van der Waals surface area contributed by atoms with Gasteiger partial charge in [-0.15, -0.1) is 0 Å². The molecule has 7 heteroatoms. The molecule has 0 saturated heterocycles. The summed E-state index contributed by atoms with van der Waals surface area (Å²) in [7, 11) is 0.